The molecule has 1 unspecified atom stereocenters. The highest BCUT2D eigenvalue weighted by Crippen LogP contribution is 2.39. The third-order valence-corrected chi connectivity index (χ3v) is 6.91. The number of hydrogen-bond acceptors (Lipinski definition) is 2. The maximum Gasteiger partial charge on any atom is 0.153 e. The Kier molecular flexibility index (Phi) is 4.98. The zero-order valence-corrected chi connectivity index (χ0v) is 18.7. The Morgan fingerprint density at radius 2 is 1.97 bits per heavy atom. The van der Waals surface area contributed by atoms with E-state index in [0.29, 0.717) is 6.54 Å². The molecule has 31 heavy (non-hydrogen) atoms. The van der Waals surface area contributed by atoms with Crippen molar-refractivity contribution in [2.24, 2.45) is 0 Å². The smallest absolute Gasteiger partial charge is 0.153 e. The van der Waals surface area contributed by atoms with Crippen molar-refractivity contribution in [3.05, 3.63) is 93.5 Å². The third kappa shape index (κ3) is 3.39. The molecule has 0 radical (unpaired) electrons. The molecule has 3 heterocycles. The number of pyridine rings is 1. The van der Waals surface area contributed by atoms with Crippen LogP contribution in [0.5, 0.6) is 0 Å². The monoisotopic (exact) mass is 433 g/mol. The standard InChI is InChI=1S/C26H25ClFN3/c1-16-17(2)31(15-19-5-4-6-22(28)13-19)25-23(16)9-11-29-26(25)30-12-10-20-7-8-21(27)14-24(20)18(30)3/h4-9,11,13-14,18H,10,12,15H2,1-3H3. The van der Waals surface area contributed by atoms with E-state index in [0.717, 1.165) is 34.9 Å². The quantitative estimate of drug-likeness (QED) is 0.362. The molecule has 2 aromatic carbocycles. The van der Waals surface area contributed by atoms with Crippen molar-refractivity contribution < 1.29 is 4.39 Å². The van der Waals surface area contributed by atoms with E-state index in [4.69, 9.17) is 16.6 Å². The molecule has 0 saturated heterocycles. The summed E-state index contributed by atoms with van der Waals surface area (Å²) >= 11 is 6.31. The predicted octanol–water partition coefficient (Wildman–Crippen LogP) is 6.62. The van der Waals surface area contributed by atoms with Gasteiger partial charge in [0.1, 0.15) is 5.82 Å². The van der Waals surface area contributed by atoms with Gasteiger partial charge in [0.05, 0.1) is 11.6 Å². The lowest BCUT2D eigenvalue weighted by atomic mass is 9.93. The van der Waals surface area contributed by atoms with Crippen molar-refractivity contribution in [1.82, 2.24) is 9.55 Å². The predicted molar refractivity (Wildman–Crippen MR) is 126 cm³/mol. The Hall–Kier alpha value is -2.85. The van der Waals surface area contributed by atoms with Crippen LogP contribution in [-0.4, -0.2) is 16.1 Å². The first-order valence-electron chi connectivity index (χ1n) is 10.7. The van der Waals surface area contributed by atoms with E-state index >= 15 is 0 Å². The second-order valence-corrected chi connectivity index (χ2v) is 8.86. The molecule has 0 fully saturated rings. The molecule has 4 aromatic rings. The van der Waals surface area contributed by atoms with Crippen LogP contribution in [0.2, 0.25) is 5.02 Å². The number of aromatic nitrogens is 2. The maximum atomic E-state index is 13.8. The lowest BCUT2D eigenvalue weighted by Gasteiger charge is -2.37. The normalized spacial score (nSPS) is 16.0. The van der Waals surface area contributed by atoms with Crippen molar-refractivity contribution in [2.45, 2.75) is 39.8 Å². The molecule has 0 spiro atoms. The Bertz CT molecular complexity index is 1290. The number of benzene rings is 2. The highest BCUT2D eigenvalue weighted by molar-refractivity contribution is 6.30. The van der Waals surface area contributed by atoms with Crippen LogP contribution < -0.4 is 4.90 Å². The van der Waals surface area contributed by atoms with Gasteiger partial charge in [0.15, 0.2) is 5.82 Å². The first-order valence-corrected chi connectivity index (χ1v) is 11.1. The van der Waals surface area contributed by atoms with Crippen LogP contribution >= 0.6 is 11.6 Å². The van der Waals surface area contributed by atoms with Crippen LogP contribution in [-0.2, 0) is 13.0 Å². The molecule has 0 bridgehead atoms. The molecule has 1 aliphatic heterocycles. The van der Waals surface area contributed by atoms with Crippen LogP contribution in [0.1, 0.15) is 40.9 Å². The van der Waals surface area contributed by atoms with E-state index in [9.17, 15) is 4.39 Å². The molecule has 0 saturated carbocycles. The fourth-order valence-corrected chi connectivity index (χ4v) is 5.06. The SMILES string of the molecule is Cc1c(C)n(Cc2cccc(F)c2)c2c(N3CCc4ccc(Cl)cc4C3C)nccc12. The molecule has 3 nitrogen and oxygen atoms in total. The lowest BCUT2D eigenvalue weighted by Crippen LogP contribution is -2.35. The fourth-order valence-electron chi connectivity index (χ4n) is 4.88. The largest absolute Gasteiger partial charge is 0.348 e. The van der Waals surface area contributed by atoms with Gasteiger partial charge in [-0.25, -0.2) is 9.37 Å². The van der Waals surface area contributed by atoms with Crippen LogP contribution in [0.4, 0.5) is 10.2 Å². The summed E-state index contributed by atoms with van der Waals surface area (Å²) in [4.78, 5) is 7.23. The van der Waals surface area contributed by atoms with Gasteiger partial charge in [0.25, 0.3) is 0 Å². The number of halogens is 2. The topological polar surface area (TPSA) is 21.1 Å². The van der Waals surface area contributed by atoms with E-state index < -0.39 is 0 Å². The number of anilines is 1. The van der Waals surface area contributed by atoms with Crippen LogP contribution in [0.15, 0.2) is 54.7 Å². The minimum atomic E-state index is -0.208. The van der Waals surface area contributed by atoms with Crippen molar-refractivity contribution in [1.29, 1.82) is 0 Å². The molecule has 0 amide bonds. The van der Waals surface area contributed by atoms with E-state index in [1.54, 1.807) is 12.1 Å². The summed E-state index contributed by atoms with van der Waals surface area (Å²) < 4.78 is 16.1. The van der Waals surface area contributed by atoms with Gasteiger partial charge in [-0.3, -0.25) is 0 Å². The molecule has 0 N–H and O–H groups in total. The highest BCUT2D eigenvalue weighted by atomic mass is 35.5. The van der Waals surface area contributed by atoms with Crippen LogP contribution in [0.3, 0.4) is 0 Å². The summed E-state index contributed by atoms with van der Waals surface area (Å²) in [6.07, 6.45) is 2.86. The van der Waals surface area contributed by atoms with Crippen LogP contribution in [0, 0.1) is 19.7 Å². The number of aryl methyl sites for hydroxylation is 1. The summed E-state index contributed by atoms with van der Waals surface area (Å²) in [5.41, 5.74) is 7.08. The van der Waals surface area contributed by atoms with Gasteiger partial charge in [0, 0.05) is 35.4 Å². The van der Waals surface area contributed by atoms with Gasteiger partial charge in [-0.1, -0.05) is 29.8 Å². The van der Waals surface area contributed by atoms with Crippen molar-refractivity contribution in [2.75, 3.05) is 11.4 Å². The number of fused-ring (bicyclic) bond motifs is 2. The minimum Gasteiger partial charge on any atom is -0.348 e. The van der Waals surface area contributed by atoms with Crippen molar-refractivity contribution >= 4 is 28.3 Å². The Morgan fingerprint density at radius 1 is 1.13 bits per heavy atom. The molecule has 1 atom stereocenters. The van der Waals surface area contributed by atoms with E-state index in [2.05, 4.69) is 48.4 Å². The van der Waals surface area contributed by atoms with Gasteiger partial charge in [-0.05, 0) is 79.8 Å². The Morgan fingerprint density at radius 3 is 2.77 bits per heavy atom. The third-order valence-electron chi connectivity index (χ3n) is 6.68. The van der Waals surface area contributed by atoms with Crippen LogP contribution in [0.25, 0.3) is 10.9 Å². The molecule has 0 aliphatic carbocycles. The zero-order valence-electron chi connectivity index (χ0n) is 18.0. The summed E-state index contributed by atoms with van der Waals surface area (Å²) in [7, 11) is 0. The number of nitrogens with zero attached hydrogens (tertiary/aromatic N) is 3. The first-order chi connectivity index (χ1) is 14.9. The first kappa shape index (κ1) is 20.1. The zero-order chi connectivity index (χ0) is 21.7. The second-order valence-electron chi connectivity index (χ2n) is 8.42. The lowest BCUT2D eigenvalue weighted by molar-refractivity contribution is 0.616. The van der Waals surface area contributed by atoms with E-state index in [1.165, 1.54) is 33.8 Å². The number of rotatable bonds is 3. The summed E-state index contributed by atoms with van der Waals surface area (Å²) in [6.45, 7) is 8.00. The van der Waals surface area contributed by atoms with Gasteiger partial charge >= 0.3 is 0 Å². The summed E-state index contributed by atoms with van der Waals surface area (Å²) in [5, 5.41) is 1.96. The highest BCUT2D eigenvalue weighted by Gasteiger charge is 2.28. The molecule has 158 valence electrons. The second kappa shape index (κ2) is 7.69. The van der Waals surface area contributed by atoms with E-state index in [1.807, 2.05) is 18.3 Å². The van der Waals surface area contributed by atoms with Gasteiger partial charge in [-0.2, -0.15) is 0 Å². The average molecular weight is 434 g/mol. The summed E-state index contributed by atoms with van der Waals surface area (Å²) in [6, 6.07) is 15.3. The molecule has 5 rings (SSSR count). The maximum absolute atomic E-state index is 13.8. The Labute approximate surface area is 187 Å². The summed E-state index contributed by atoms with van der Waals surface area (Å²) in [5.74, 6) is 0.767. The van der Waals surface area contributed by atoms with Crippen molar-refractivity contribution in [3.63, 3.8) is 0 Å². The van der Waals surface area contributed by atoms with Crippen molar-refractivity contribution in [3.8, 4) is 0 Å². The van der Waals surface area contributed by atoms with E-state index in [-0.39, 0.29) is 11.9 Å². The molecular formula is C26H25ClFN3. The molecular weight excluding hydrogens is 409 g/mol. The molecule has 5 heteroatoms. The minimum absolute atomic E-state index is 0.165. The van der Waals surface area contributed by atoms with Gasteiger partial charge in [-0.15, -0.1) is 0 Å². The average Bonchev–Trinajstić information content (AvgIpc) is 3.00. The van der Waals surface area contributed by atoms with Gasteiger partial charge < -0.3 is 9.47 Å². The number of hydrogen-bond donors (Lipinski definition) is 0. The fraction of sp³-hybridized carbons (Fsp3) is 0.269. The Balaban J connectivity index is 1.65. The van der Waals surface area contributed by atoms with Gasteiger partial charge in [0.2, 0.25) is 0 Å². The molecule has 1 aliphatic rings. The molecule has 2 aromatic heterocycles.